The fraction of sp³-hybridized carbons (Fsp3) is 0.208. The zero-order chi connectivity index (χ0) is 22.9. The van der Waals surface area contributed by atoms with Gasteiger partial charge in [0, 0.05) is 43.8 Å². The lowest BCUT2D eigenvalue weighted by Gasteiger charge is -2.23. The molecule has 5 aromatic heterocycles. The molecule has 10 nitrogen and oxygen atoms in total. The van der Waals surface area contributed by atoms with Gasteiger partial charge in [-0.25, -0.2) is 9.50 Å². The average Bonchev–Trinajstić information content (AvgIpc) is 3.63. The van der Waals surface area contributed by atoms with E-state index >= 15 is 0 Å². The molecule has 6 rings (SSSR count). The first-order chi connectivity index (χ1) is 16.8. The lowest BCUT2D eigenvalue weighted by molar-refractivity contribution is 0.0725. The van der Waals surface area contributed by atoms with Gasteiger partial charge in [-0.1, -0.05) is 17.3 Å². The molecule has 0 spiro atoms. The van der Waals surface area contributed by atoms with Crippen LogP contribution >= 0.6 is 0 Å². The lowest BCUT2D eigenvalue weighted by Crippen LogP contribution is -2.37. The van der Waals surface area contributed by atoms with Crippen molar-refractivity contribution in [3.8, 4) is 22.8 Å². The van der Waals surface area contributed by atoms with E-state index < -0.39 is 0 Å². The second kappa shape index (κ2) is 8.47. The number of likely N-dealkylation sites (tertiary alicyclic amines) is 1. The number of carbonyl (C=O) groups is 1. The van der Waals surface area contributed by atoms with Crippen molar-refractivity contribution >= 4 is 11.6 Å². The Bertz CT molecular complexity index is 1450. The molecule has 6 heterocycles. The molecule has 0 aromatic carbocycles. The van der Waals surface area contributed by atoms with Gasteiger partial charge in [-0.3, -0.25) is 14.8 Å². The van der Waals surface area contributed by atoms with Crippen molar-refractivity contribution in [1.29, 1.82) is 0 Å². The van der Waals surface area contributed by atoms with E-state index in [-0.39, 0.29) is 11.9 Å². The van der Waals surface area contributed by atoms with E-state index in [1.807, 2.05) is 41.3 Å². The van der Waals surface area contributed by atoms with E-state index in [1.165, 1.54) is 0 Å². The number of aromatic nitrogens is 7. The summed E-state index contributed by atoms with van der Waals surface area (Å²) in [5.41, 5.74) is 2.87. The highest BCUT2D eigenvalue weighted by molar-refractivity contribution is 6.02. The Kier molecular flexibility index (Phi) is 5.02. The number of fused-ring (bicyclic) bond motifs is 1. The molecule has 168 valence electrons. The van der Waals surface area contributed by atoms with Gasteiger partial charge in [-0.2, -0.15) is 10.1 Å². The third kappa shape index (κ3) is 3.58. The fourth-order valence-electron chi connectivity index (χ4n) is 4.37. The number of rotatable bonds is 5. The Morgan fingerprint density at radius 2 is 1.79 bits per heavy atom. The number of hydrogen-bond acceptors (Lipinski definition) is 8. The van der Waals surface area contributed by atoms with Crippen LogP contribution in [0.15, 0.2) is 71.8 Å². The average molecular weight is 452 g/mol. The van der Waals surface area contributed by atoms with Crippen molar-refractivity contribution in [2.45, 2.75) is 25.3 Å². The molecule has 0 aliphatic carbocycles. The molecule has 1 aliphatic heterocycles. The summed E-state index contributed by atoms with van der Waals surface area (Å²) in [4.78, 5) is 33.3. The predicted molar refractivity (Wildman–Crippen MR) is 122 cm³/mol. The second-order valence-corrected chi connectivity index (χ2v) is 8.05. The number of pyridine rings is 2. The van der Waals surface area contributed by atoms with Gasteiger partial charge in [0.2, 0.25) is 11.7 Å². The molecule has 1 aliphatic rings. The number of carbonyl (C=O) groups excluding carboxylic acids is 1. The maximum absolute atomic E-state index is 13.8. The highest BCUT2D eigenvalue weighted by Gasteiger charge is 2.34. The maximum atomic E-state index is 13.8. The summed E-state index contributed by atoms with van der Waals surface area (Å²) < 4.78 is 7.10. The van der Waals surface area contributed by atoms with E-state index in [0.29, 0.717) is 53.0 Å². The zero-order valence-electron chi connectivity index (χ0n) is 18.2. The molecular formula is C24H20N8O2. The molecule has 5 aromatic rings. The third-order valence-corrected chi connectivity index (χ3v) is 5.93. The van der Waals surface area contributed by atoms with E-state index in [0.717, 1.165) is 12.8 Å². The molecule has 1 saturated heterocycles. The third-order valence-electron chi connectivity index (χ3n) is 5.93. The molecular weight excluding hydrogens is 432 g/mol. The van der Waals surface area contributed by atoms with Crippen LogP contribution in [-0.2, 0) is 6.42 Å². The molecule has 1 unspecified atom stereocenters. The molecule has 0 saturated carbocycles. The normalized spacial score (nSPS) is 15.8. The van der Waals surface area contributed by atoms with Crippen LogP contribution in [0.3, 0.4) is 0 Å². The number of nitrogens with zero attached hydrogens (tertiary/aromatic N) is 8. The maximum Gasteiger partial charge on any atom is 0.275 e. The summed E-state index contributed by atoms with van der Waals surface area (Å²) in [6.07, 6.45) is 9.06. The Morgan fingerprint density at radius 1 is 1.00 bits per heavy atom. The standard InChI is InChI=1S/C24H20N8O2/c33-24(21-20(17-8-1-3-10-25-17)23-27-12-6-14-32(23)29-21)31-13-5-7-16(31)15-19-28-22(30-34-19)18-9-2-4-11-26-18/h1-4,6,8-12,14,16H,5,7,13,15H2. The highest BCUT2D eigenvalue weighted by Crippen LogP contribution is 2.30. The van der Waals surface area contributed by atoms with Crippen LogP contribution in [0, 0.1) is 0 Å². The first kappa shape index (κ1) is 20.2. The Balaban J connectivity index is 1.31. The van der Waals surface area contributed by atoms with Gasteiger partial charge in [0.15, 0.2) is 11.3 Å². The minimum atomic E-state index is -0.155. The van der Waals surface area contributed by atoms with E-state index in [1.54, 1.807) is 35.4 Å². The molecule has 0 N–H and O–H groups in total. The summed E-state index contributed by atoms with van der Waals surface area (Å²) in [5, 5.41) is 8.64. The molecule has 0 radical (unpaired) electrons. The summed E-state index contributed by atoms with van der Waals surface area (Å²) in [6.45, 7) is 0.633. The van der Waals surface area contributed by atoms with Gasteiger partial charge in [0.1, 0.15) is 5.69 Å². The first-order valence-corrected chi connectivity index (χ1v) is 11.1. The van der Waals surface area contributed by atoms with E-state index in [2.05, 4.69) is 30.2 Å². The van der Waals surface area contributed by atoms with Crippen LogP contribution in [0.4, 0.5) is 0 Å². The minimum absolute atomic E-state index is 0.0705. The van der Waals surface area contributed by atoms with Crippen molar-refractivity contribution in [2.24, 2.45) is 0 Å². The lowest BCUT2D eigenvalue weighted by atomic mass is 10.1. The predicted octanol–water partition coefficient (Wildman–Crippen LogP) is 3.08. The second-order valence-electron chi connectivity index (χ2n) is 8.05. The molecule has 0 bridgehead atoms. The zero-order valence-corrected chi connectivity index (χ0v) is 18.2. The quantitative estimate of drug-likeness (QED) is 0.400. The molecule has 1 atom stereocenters. The van der Waals surface area contributed by atoms with E-state index in [4.69, 9.17) is 4.52 Å². The van der Waals surface area contributed by atoms with Gasteiger partial charge in [0.25, 0.3) is 5.91 Å². The Labute approximate surface area is 194 Å². The Hall–Kier alpha value is -4.47. The van der Waals surface area contributed by atoms with Gasteiger partial charge in [-0.05, 0) is 43.2 Å². The van der Waals surface area contributed by atoms with Gasteiger partial charge < -0.3 is 9.42 Å². The van der Waals surface area contributed by atoms with Crippen LogP contribution in [0.25, 0.3) is 28.4 Å². The van der Waals surface area contributed by atoms with Crippen LogP contribution in [0.5, 0.6) is 0 Å². The SMILES string of the molecule is O=C(c1nn2cccnc2c1-c1ccccn1)N1CCCC1Cc1nc(-c2ccccn2)no1. The minimum Gasteiger partial charge on any atom is -0.339 e. The van der Waals surface area contributed by atoms with Crippen LogP contribution in [-0.4, -0.2) is 58.1 Å². The van der Waals surface area contributed by atoms with Gasteiger partial charge >= 0.3 is 0 Å². The summed E-state index contributed by atoms with van der Waals surface area (Å²) in [6, 6.07) is 12.8. The summed E-state index contributed by atoms with van der Waals surface area (Å²) in [5.74, 6) is 0.764. The number of amides is 1. The van der Waals surface area contributed by atoms with Crippen molar-refractivity contribution in [3.05, 3.63) is 78.8 Å². The van der Waals surface area contributed by atoms with Crippen molar-refractivity contribution < 1.29 is 9.32 Å². The first-order valence-electron chi connectivity index (χ1n) is 11.1. The Morgan fingerprint density at radius 3 is 2.59 bits per heavy atom. The van der Waals surface area contributed by atoms with Crippen LogP contribution < -0.4 is 0 Å². The molecule has 1 fully saturated rings. The highest BCUT2D eigenvalue weighted by atomic mass is 16.5. The molecule has 34 heavy (non-hydrogen) atoms. The van der Waals surface area contributed by atoms with Gasteiger partial charge in [0.05, 0.1) is 11.3 Å². The topological polar surface area (TPSA) is 115 Å². The van der Waals surface area contributed by atoms with Crippen LogP contribution in [0.1, 0.15) is 29.2 Å². The molecule has 1 amide bonds. The molecule has 10 heteroatoms. The monoisotopic (exact) mass is 452 g/mol. The van der Waals surface area contributed by atoms with Gasteiger partial charge in [-0.15, -0.1) is 0 Å². The fourth-order valence-corrected chi connectivity index (χ4v) is 4.37. The van der Waals surface area contributed by atoms with Crippen LogP contribution in [0.2, 0.25) is 0 Å². The number of hydrogen-bond donors (Lipinski definition) is 0. The van der Waals surface area contributed by atoms with Crippen molar-refractivity contribution in [3.63, 3.8) is 0 Å². The van der Waals surface area contributed by atoms with Crippen molar-refractivity contribution in [1.82, 2.24) is 39.6 Å². The summed E-state index contributed by atoms with van der Waals surface area (Å²) >= 11 is 0. The largest absolute Gasteiger partial charge is 0.339 e. The smallest absolute Gasteiger partial charge is 0.275 e. The van der Waals surface area contributed by atoms with Crippen molar-refractivity contribution in [2.75, 3.05) is 6.54 Å². The summed E-state index contributed by atoms with van der Waals surface area (Å²) in [7, 11) is 0. The van der Waals surface area contributed by atoms with E-state index in [9.17, 15) is 4.79 Å².